The fourth-order valence-corrected chi connectivity index (χ4v) is 2.93. The van der Waals surface area contributed by atoms with Gasteiger partial charge >= 0.3 is 5.97 Å². The molecular formula is C25H50O6. The van der Waals surface area contributed by atoms with Crippen LogP contribution in [0.5, 0.6) is 0 Å². The number of esters is 1. The zero-order chi connectivity index (χ0) is 22.8. The van der Waals surface area contributed by atoms with Gasteiger partial charge in [-0.05, 0) is 12.3 Å². The van der Waals surface area contributed by atoms with E-state index in [4.69, 9.17) is 23.7 Å². The van der Waals surface area contributed by atoms with Gasteiger partial charge in [-0.15, -0.1) is 0 Å². The summed E-state index contributed by atoms with van der Waals surface area (Å²) in [5.74, 6) is 0.486. The number of unbranched alkanes of at least 4 members (excludes halogenated alkanes) is 8. The lowest BCUT2D eigenvalue weighted by molar-refractivity contribution is -0.145. The number of hydrogen-bond donors (Lipinski definition) is 0. The monoisotopic (exact) mass is 446 g/mol. The Kier molecular flexibility index (Phi) is 25.0. The number of rotatable bonds is 25. The second-order valence-corrected chi connectivity index (χ2v) is 8.22. The van der Waals surface area contributed by atoms with Crippen molar-refractivity contribution in [2.24, 2.45) is 5.92 Å². The molecule has 0 amide bonds. The Hall–Kier alpha value is -0.690. The molecule has 6 heteroatoms. The van der Waals surface area contributed by atoms with Crippen molar-refractivity contribution in [2.45, 2.75) is 91.4 Å². The fraction of sp³-hybridized carbons (Fsp3) is 0.960. The number of carbonyl (C=O) groups excluding carboxylic acids is 1. The van der Waals surface area contributed by atoms with Crippen molar-refractivity contribution in [2.75, 3.05) is 59.5 Å². The molecule has 0 spiro atoms. The molecule has 0 N–H and O–H groups in total. The van der Waals surface area contributed by atoms with Crippen LogP contribution in [0.1, 0.15) is 91.4 Å². The number of ether oxygens (including phenoxy) is 5. The Bertz CT molecular complexity index is 364. The molecule has 0 saturated heterocycles. The van der Waals surface area contributed by atoms with E-state index >= 15 is 0 Å². The van der Waals surface area contributed by atoms with Crippen LogP contribution in [0.4, 0.5) is 0 Å². The molecule has 0 aliphatic rings. The first-order valence-electron chi connectivity index (χ1n) is 12.7. The molecule has 0 bridgehead atoms. The minimum absolute atomic E-state index is 0.118. The van der Waals surface area contributed by atoms with Gasteiger partial charge in [-0.2, -0.15) is 0 Å². The largest absolute Gasteiger partial charge is 0.463 e. The molecular weight excluding hydrogens is 396 g/mol. The predicted octanol–water partition coefficient (Wildman–Crippen LogP) is 5.56. The molecule has 6 nitrogen and oxygen atoms in total. The lowest BCUT2D eigenvalue weighted by atomic mass is 10.1. The standard InChI is InChI=1S/C25H50O6/c1-4-6-7-8-9-10-11-12-13-14-25(26)31-22-21-29-18-17-27-15-16-28-19-20-30-23-24(3)5-2/h24H,4-23H2,1-3H3. The zero-order valence-corrected chi connectivity index (χ0v) is 20.7. The van der Waals surface area contributed by atoms with Crippen molar-refractivity contribution in [1.82, 2.24) is 0 Å². The molecule has 0 heterocycles. The van der Waals surface area contributed by atoms with E-state index in [1.807, 2.05) is 0 Å². The van der Waals surface area contributed by atoms with Crippen LogP contribution in [-0.4, -0.2) is 65.4 Å². The average Bonchev–Trinajstić information content (AvgIpc) is 2.77. The third-order valence-corrected chi connectivity index (χ3v) is 5.19. The van der Waals surface area contributed by atoms with E-state index in [0.717, 1.165) is 25.9 Å². The summed E-state index contributed by atoms with van der Waals surface area (Å²) in [7, 11) is 0. The SMILES string of the molecule is CCCCCCCCCCCC(=O)OCCOCCOCCOCCOCC(C)CC. The molecule has 0 fully saturated rings. The minimum atomic E-state index is -0.118. The first kappa shape index (κ1) is 30.3. The molecule has 0 rings (SSSR count). The van der Waals surface area contributed by atoms with Crippen molar-refractivity contribution in [3.63, 3.8) is 0 Å². The lowest BCUT2D eigenvalue weighted by Gasteiger charge is -2.10. The third kappa shape index (κ3) is 25.4. The molecule has 0 aliphatic heterocycles. The van der Waals surface area contributed by atoms with Gasteiger partial charge in [0.05, 0.1) is 46.2 Å². The normalized spacial score (nSPS) is 12.2. The summed E-state index contributed by atoms with van der Waals surface area (Å²) in [6, 6.07) is 0. The van der Waals surface area contributed by atoms with Gasteiger partial charge in [-0.1, -0.05) is 78.6 Å². The molecule has 186 valence electrons. The second kappa shape index (κ2) is 25.6. The van der Waals surface area contributed by atoms with E-state index in [2.05, 4.69) is 20.8 Å². The van der Waals surface area contributed by atoms with Crippen molar-refractivity contribution in [3.05, 3.63) is 0 Å². The van der Waals surface area contributed by atoms with Gasteiger partial charge in [0.2, 0.25) is 0 Å². The van der Waals surface area contributed by atoms with E-state index in [-0.39, 0.29) is 5.97 Å². The van der Waals surface area contributed by atoms with Gasteiger partial charge < -0.3 is 23.7 Å². The molecule has 0 saturated carbocycles. The highest BCUT2D eigenvalue weighted by Gasteiger charge is 2.03. The van der Waals surface area contributed by atoms with E-state index < -0.39 is 0 Å². The van der Waals surface area contributed by atoms with Crippen LogP contribution in [0, 0.1) is 5.92 Å². The highest BCUT2D eigenvalue weighted by molar-refractivity contribution is 5.69. The molecule has 31 heavy (non-hydrogen) atoms. The Morgan fingerprint density at radius 1 is 0.613 bits per heavy atom. The first-order valence-corrected chi connectivity index (χ1v) is 12.7. The van der Waals surface area contributed by atoms with E-state index in [9.17, 15) is 4.79 Å². The van der Waals surface area contributed by atoms with Crippen LogP contribution in [0.3, 0.4) is 0 Å². The van der Waals surface area contributed by atoms with E-state index in [1.165, 1.54) is 44.9 Å². The molecule has 1 unspecified atom stereocenters. The summed E-state index contributed by atoms with van der Waals surface area (Å²) in [5, 5.41) is 0. The quantitative estimate of drug-likeness (QED) is 0.135. The Morgan fingerprint density at radius 3 is 1.58 bits per heavy atom. The smallest absolute Gasteiger partial charge is 0.305 e. The van der Waals surface area contributed by atoms with Gasteiger partial charge in [0.25, 0.3) is 0 Å². The van der Waals surface area contributed by atoms with Gasteiger partial charge in [-0.3, -0.25) is 4.79 Å². The van der Waals surface area contributed by atoms with Crippen molar-refractivity contribution < 1.29 is 28.5 Å². The summed E-state index contributed by atoms with van der Waals surface area (Å²) < 4.78 is 27.0. The van der Waals surface area contributed by atoms with E-state index in [0.29, 0.717) is 65.2 Å². The fourth-order valence-electron chi connectivity index (χ4n) is 2.93. The molecule has 0 aromatic carbocycles. The van der Waals surface area contributed by atoms with Gasteiger partial charge in [0.15, 0.2) is 0 Å². The maximum atomic E-state index is 11.7. The van der Waals surface area contributed by atoms with Crippen LogP contribution in [-0.2, 0) is 28.5 Å². The van der Waals surface area contributed by atoms with Gasteiger partial charge in [-0.25, -0.2) is 0 Å². The minimum Gasteiger partial charge on any atom is -0.463 e. The number of hydrogen-bond acceptors (Lipinski definition) is 6. The predicted molar refractivity (Wildman–Crippen MR) is 126 cm³/mol. The van der Waals surface area contributed by atoms with Gasteiger partial charge in [0.1, 0.15) is 6.61 Å². The van der Waals surface area contributed by atoms with E-state index in [1.54, 1.807) is 0 Å². The second-order valence-electron chi connectivity index (χ2n) is 8.22. The molecule has 0 aromatic rings. The molecule has 0 aliphatic carbocycles. The third-order valence-electron chi connectivity index (χ3n) is 5.19. The average molecular weight is 447 g/mol. The molecule has 0 radical (unpaired) electrons. The lowest BCUT2D eigenvalue weighted by Crippen LogP contribution is -2.15. The van der Waals surface area contributed by atoms with Gasteiger partial charge in [0, 0.05) is 13.0 Å². The molecule has 0 aromatic heterocycles. The zero-order valence-electron chi connectivity index (χ0n) is 20.7. The summed E-state index contributed by atoms with van der Waals surface area (Å²) >= 11 is 0. The highest BCUT2D eigenvalue weighted by atomic mass is 16.6. The first-order chi connectivity index (χ1) is 15.2. The van der Waals surface area contributed by atoms with Crippen molar-refractivity contribution >= 4 is 5.97 Å². The summed E-state index contributed by atoms with van der Waals surface area (Å²) in [6.45, 7) is 11.4. The van der Waals surface area contributed by atoms with Crippen molar-refractivity contribution in [3.8, 4) is 0 Å². The van der Waals surface area contributed by atoms with Crippen LogP contribution in [0.25, 0.3) is 0 Å². The number of carbonyl (C=O) groups is 1. The maximum Gasteiger partial charge on any atom is 0.305 e. The summed E-state index contributed by atoms with van der Waals surface area (Å²) in [6.07, 6.45) is 12.9. The topological polar surface area (TPSA) is 63.2 Å². The molecule has 1 atom stereocenters. The summed E-state index contributed by atoms with van der Waals surface area (Å²) in [5.41, 5.74) is 0. The van der Waals surface area contributed by atoms with Crippen LogP contribution in [0.2, 0.25) is 0 Å². The highest BCUT2D eigenvalue weighted by Crippen LogP contribution is 2.10. The summed E-state index contributed by atoms with van der Waals surface area (Å²) in [4.78, 5) is 11.7. The van der Waals surface area contributed by atoms with Crippen LogP contribution >= 0.6 is 0 Å². The van der Waals surface area contributed by atoms with Crippen molar-refractivity contribution in [1.29, 1.82) is 0 Å². The Balaban J connectivity index is 3.15. The van der Waals surface area contributed by atoms with Crippen LogP contribution in [0.15, 0.2) is 0 Å². The Labute approximate surface area is 191 Å². The maximum absolute atomic E-state index is 11.7. The Morgan fingerprint density at radius 2 is 1.06 bits per heavy atom. The van der Waals surface area contributed by atoms with Crippen LogP contribution < -0.4 is 0 Å².